The quantitative estimate of drug-likeness (QED) is 0.765. The highest BCUT2D eigenvalue weighted by Gasteiger charge is 2.37. The van der Waals surface area contributed by atoms with Crippen LogP contribution in [0.5, 0.6) is 0 Å². The Morgan fingerprint density at radius 1 is 1.25 bits per heavy atom. The molecule has 8 heteroatoms. The third kappa shape index (κ3) is 3.84. The van der Waals surface area contributed by atoms with Crippen LogP contribution in [0.15, 0.2) is 30.3 Å². The van der Waals surface area contributed by atoms with Crippen LogP contribution in [0.4, 0.5) is 11.5 Å². The van der Waals surface area contributed by atoms with Crippen LogP contribution in [-0.4, -0.2) is 49.9 Å². The minimum Gasteiger partial charge on any atom is -0.399 e. The first-order valence-corrected chi connectivity index (χ1v) is 11.1. The summed E-state index contributed by atoms with van der Waals surface area (Å²) in [7, 11) is -3.37. The number of benzene rings is 1. The highest BCUT2D eigenvalue weighted by Crippen LogP contribution is 2.33. The molecule has 0 amide bonds. The molecule has 1 fully saturated rings. The number of nitrogen functional groups attached to an aromatic ring is 1. The van der Waals surface area contributed by atoms with E-state index in [2.05, 4.69) is 16.8 Å². The lowest BCUT2D eigenvalue weighted by Gasteiger charge is -2.35. The molecule has 0 radical (unpaired) electrons. The molecule has 1 aliphatic heterocycles. The van der Waals surface area contributed by atoms with E-state index in [4.69, 9.17) is 15.5 Å². The highest BCUT2D eigenvalue weighted by molar-refractivity contribution is 7.92. The van der Waals surface area contributed by atoms with Gasteiger partial charge in [-0.1, -0.05) is 6.92 Å². The number of hydrogen-bond donors (Lipinski definition) is 1. The second-order valence-corrected chi connectivity index (χ2v) is 10.4. The number of hydrogen-bond acceptors (Lipinski definition) is 7. The van der Waals surface area contributed by atoms with Crippen LogP contribution >= 0.6 is 0 Å². The van der Waals surface area contributed by atoms with Gasteiger partial charge in [-0.15, -0.1) is 0 Å². The van der Waals surface area contributed by atoms with Crippen molar-refractivity contribution in [2.45, 2.75) is 38.5 Å². The fourth-order valence-corrected chi connectivity index (χ4v) is 4.38. The van der Waals surface area contributed by atoms with Crippen LogP contribution in [0.25, 0.3) is 11.4 Å². The zero-order valence-corrected chi connectivity index (χ0v) is 17.7. The molecule has 2 heterocycles. The molecule has 2 N–H and O–H groups in total. The predicted molar refractivity (Wildman–Crippen MR) is 112 cm³/mol. The molecular weight excluding hydrogens is 376 g/mol. The average Bonchev–Trinajstić information content (AvgIpc) is 2.68. The molecular formula is C20H28N4O3S. The Morgan fingerprint density at radius 2 is 1.93 bits per heavy atom. The summed E-state index contributed by atoms with van der Waals surface area (Å²) in [5, 5.41) is 0. The fraction of sp³-hybridized carbons (Fsp3) is 0.500. The van der Waals surface area contributed by atoms with Crippen molar-refractivity contribution in [3.8, 4) is 11.4 Å². The predicted octanol–water partition coefficient (Wildman–Crippen LogP) is 2.62. The minimum atomic E-state index is -3.37. The van der Waals surface area contributed by atoms with E-state index < -0.39 is 14.6 Å². The number of aromatic nitrogens is 2. The van der Waals surface area contributed by atoms with Gasteiger partial charge in [-0.3, -0.25) is 0 Å². The Bertz CT molecular complexity index is 942. The average molecular weight is 405 g/mol. The van der Waals surface area contributed by atoms with Crippen molar-refractivity contribution in [1.82, 2.24) is 9.97 Å². The number of anilines is 2. The summed E-state index contributed by atoms with van der Waals surface area (Å²) in [5.74, 6) is 1.25. The first-order valence-electron chi connectivity index (χ1n) is 9.48. The molecule has 0 saturated carbocycles. The van der Waals surface area contributed by atoms with Gasteiger partial charge in [0.05, 0.1) is 24.9 Å². The lowest BCUT2D eigenvalue weighted by atomic mass is 10.1. The fourth-order valence-electron chi connectivity index (χ4n) is 3.24. The number of nitrogens with two attached hydrogens (primary N) is 1. The maximum absolute atomic E-state index is 12.8. The maximum atomic E-state index is 12.8. The minimum absolute atomic E-state index is 0.0461. The topological polar surface area (TPSA) is 98.4 Å². The van der Waals surface area contributed by atoms with Gasteiger partial charge in [-0.05, 0) is 45.0 Å². The van der Waals surface area contributed by atoms with E-state index in [1.54, 1.807) is 39.0 Å². The lowest BCUT2D eigenvalue weighted by Crippen LogP contribution is -2.44. The summed E-state index contributed by atoms with van der Waals surface area (Å²) in [6.07, 6.45) is 0. The normalized spacial score (nSPS) is 18.3. The molecule has 1 aromatic heterocycles. The molecule has 0 spiro atoms. The summed E-state index contributed by atoms with van der Waals surface area (Å²) in [6, 6.07) is 9.22. The van der Waals surface area contributed by atoms with Crippen molar-refractivity contribution in [3.63, 3.8) is 0 Å². The van der Waals surface area contributed by atoms with Crippen molar-refractivity contribution in [2.75, 3.05) is 36.1 Å². The Kier molecular flexibility index (Phi) is 5.63. The molecule has 1 atom stereocenters. The molecule has 0 unspecified atom stereocenters. The van der Waals surface area contributed by atoms with Crippen LogP contribution in [0.2, 0.25) is 0 Å². The van der Waals surface area contributed by atoms with Gasteiger partial charge in [0, 0.05) is 29.6 Å². The summed E-state index contributed by atoms with van der Waals surface area (Å²) >= 11 is 0. The van der Waals surface area contributed by atoms with Crippen molar-refractivity contribution in [1.29, 1.82) is 0 Å². The summed E-state index contributed by atoms with van der Waals surface area (Å²) in [5.41, 5.74) is 7.74. The van der Waals surface area contributed by atoms with Crippen molar-refractivity contribution < 1.29 is 13.2 Å². The Hall–Kier alpha value is -2.19. The smallest absolute Gasteiger partial charge is 0.161 e. The molecule has 28 heavy (non-hydrogen) atoms. The van der Waals surface area contributed by atoms with Gasteiger partial charge in [0.2, 0.25) is 0 Å². The SMILES string of the molecule is CCS(=O)(=O)C(C)(C)c1cc(N2CCOC[C@@H]2C)nc(-c2ccc(N)cc2)n1. The second-order valence-electron chi connectivity index (χ2n) is 7.59. The zero-order chi connectivity index (χ0) is 20.5. The Morgan fingerprint density at radius 3 is 2.54 bits per heavy atom. The molecule has 3 rings (SSSR count). The molecule has 1 aliphatic rings. The zero-order valence-electron chi connectivity index (χ0n) is 16.8. The van der Waals surface area contributed by atoms with E-state index in [9.17, 15) is 8.42 Å². The van der Waals surface area contributed by atoms with Crippen LogP contribution in [0.1, 0.15) is 33.4 Å². The van der Waals surface area contributed by atoms with Crippen molar-refractivity contribution in [3.05, 3.63) is 36.0 Å². The molecule has 7 nitrogen and oxygen atoms in total. The number of ether oxygens (including phenoxy) is 1. The number of rotatable bonds is 5. The lowest BCUT2D eigenvalue weighted by molar-refractivity contribution is 0.0985. The summed E-state index contributed by atoms with van der Waals surface area (Å²) < 4.78 is 29.9. The number of sulfone groups is 1. The van der Waals surface area contributed by atoms with E-state index in [-0.39, 0.29) is 11.8 Å². The monoisotopic (exact) mass is 404 g/mol. The standard InChI is InChI=1S/C20H28N4O3S/c1-5-28(25,26)20(3,4)17-12-18(24-10-11-27-13-14(24)2)23-19(22-17)15-6-8-16(21)9-7-15/h6-9,12,14H,5,10-11,13,21H2,1-4H3/t14-/m0/s1. The summed E-state index contributed by atoms with van der Waals surface area (Å²) in [6.45, 7) is 9.03. The number of morpholine rings is 1. The molecule has 152 valence electrons. The Balaban J connectivity index is 2.17. The van der Waals surface area contributed by atoms with Gasteiger partial charge in [0.1, 0.15) is 10.6 Å². The van der Waals surface area contributed by atoms with Crippen LogP contribution in [0.3, 0.4) is 0 Å². The Labute approximate surface area is 166 Å². The van der Waals surface area contributed by atoms with Gasteiger partial charge >= 0.3 is 0 Å². The van der Waals surface area contributed by atoms with Crippen LogP contribution < -0.4 is 10.6 Å². The maximum Gasteiger partial charge on any atom is 0.161 e. The van der Waals surface area contributed by atoms with Gasteiger partial charge in [-0.25, -0.2) is 18.4 Å². The van der Waals surface area contributed by atoms with Crippen LogP contribution in [-0.2, 0) is 19.3 Å². The van der Waals surface area contributed by atoms with E-state index in [1.807, 2.05) is 12.1 Å². The molecule has 0 aliphatic carbocycles. The van der Waals surface area contributed by atoms with Gasteiger partial charge < -0.3 is 15.4 Å². The first-order chi connectivity index (χ1) is 13.2. The molecule has 0 bridgehead atoms. The largest absolute Gasteiger partial charge is 0.399 e. The summed E-state index contributed by atoms with van der Waals surface area (Å²) in [4.78, 5) is 11.5. The van der Waals surface area contributed by atoms with Gasteiger partial charge in [-0.2, -0.15) is 0 Å². The van der Waals surface area contributed by atoms with Crippen molar-refractivity contribution >= 4 is 21.3 Å². The molecule has 1 saturated heterocycles. The van der Waals surface area contributed by atoms with E-state index >= 15 is 0 Å². The molecule has 1 aromatic carbocycles. The number of nitrogens with zero attached hydrogens (tertiary/aromatic N) is 3. The van der Waals surface area contributed by atoms with E-state index in [0.29, 0.717) is 42.8 Å². The third-order valence-electron chi connectivity index (χ3n) is 5.32. The second kappa shape index (κ2) is 7.67. The van der Waals surface area contributed by atoms with Gasteiger partial charge in [0.15, 0.2) is 15.7 Å². The van der Waals surface area contributed by atoms with E-state index in [0.717, 1.165) is 5.56 Å². The van der Waals surface area contributed by atoms with E-state index in [1.165, 1.54) is 0 Å². The van der Waals surface area contributed by atoms with Crippen LogP contribution in [0, 0.1) is 0 Å². The van der Waals surface area contributed by atoms with Gasteiger partial charge in [0.25, 0.3) is 0 Å². The molecule has 2 aromatic rings. The highest BCUT2D eigenvalue weighted by atomic mass is 32.2. The van der Waals surface area contributed by atoms with Crippen molar-refractivity contribution in [2.24, 2.45) is 0 Å². The third-order valence-corrected chi connectivity index (χ3v) is 7.84. The first kappa shape index (κ1) is 20.5.